The Kier molecular flexibility index (Phi) is 7.61. The average molecular weight is 339 g/mol. The van der Waals surface area contributed by atoms with Gasteiger partial charge in [0, 0.05) is 7.05 Å². The van der Waals surface area contributed by atoms with Gasteiger partial charge in [-0.15, -0.1) is 0 Å². The van der Waals surface area contributed by atoms with E-state index in [4.69, 9.17) is 4.99 Å². The van der Waals surface area contributed by atoms with Crippen molar-refractivity contribution in [2.45, 2.75) is 72.1 Å². The van der Waals surface area contributed by atoms with Gasteiger partial charge < -0.3 is 0 Å². The van der Waals surface area contributed by atoms with E-state index in [1.54, 1.807) is 0 Å². The van der Waals surface area contributed by atoms with Crippen molar-refractivity contribution in [3.63, 3.8) is 0 Å². The van der Waals surface area contributed by atoms with E-state index in [1.165, 1.54) is 43.2 Å². The standard InChI is InChI=1S/C23H34N2/c1-6-21(24-5)22(7-2)25-23(17(3)4)20-15-13-19(14-16-20)18-11-9-8-10-12-18/h7,13-18H,6,8-12H2,1-5H3/b22-7+,24-21?,25-23?. The second kappa shape index (κ2) is 9.70. The second-order valence-corrected chi connectivity index (χ2v) is 7.31. The van der Waals surface area contributed by atoms with Crippen molar-refractivity contribution in [1.29, 1.82) is 0 Å². The Morgan fingerprint density at radius 2 is 1.76 bits per heavy atom. The van der Waals surface area contributed by atoms with Gasteiger partial charge in [0.05, 0.1) is 17.1 Å². The van der Waals surface area contributed by atoms with Crippen LogP contribution < -0.4 is 0 Å². The van der Waals surface area contributed by atoms with E-state index >= 15 is 0 Å². The van der Waals surface area contributed by atoms with Crippen molar-refractivity contribution in [2.75, 3.05) is 7.05 Å². The number of hydrogen-bond acceptors (Lipinski definition) is 2. The van der Waals surface area contributed by atoms with Gasteiger partial charge in [-0.05, 0) is 49.1 Å². The molecular formula is C23H34N2. The van der Waals surface area contributed by atoms with Gasteiger partial charge in [-0.25, -0.2) is 0 Å². The SMILES string of the molecule is C/C=C(/N=C(c1ccc(C2CCCCC2)cc1)C(C)C)C(CC)=NC. The van der Waals surface area contributed by atoms with Crippen molar-refractivity contribution in [3.8, 4) is 0 Å². The number of hydrogen-bond donors (Lipinski definition) is 0. The van der Waals surface area contributed by atoms with E-state index in [9.17, 15) is 0 Å². The first kappa shape index (κ1) is 19.6. The molecule has 0 bridgehead atoms. The highest BCUT2D eigenvalue weighted by atomic mass is 14.8. The number of nitrogens with zero attached hydrogens (tertiary/aromatic N) is 2. The molecule has 1 aromatic carbocycles. The minimum atomic E-state index is 0.380. The van der Waals surface area contributed by atoms with Crippen LogP contribution in [0.5, 0.6) is 0 Å². The quantitative estimate of drug-likeness (QED) is 0.524. The van der Waals surface area contributed by atoms with E-state index in [0.29, 0.717) is 5.92 Å². The predicted molar refractivity (Wildman–Crippen MR) is 111 cm³/mol. The molecule has 0 atom stereocenters. The van der Waals surface area contributed by atoms with Gasteiger partial charge in [0.1, 0.15) is 0 Å². The molecular weight excluding hydrogens is 304 g/mol. The van der Waals surface area contributed by atoms with Crippen LogP contribution in [0.15, 0.2) is 46.0 Å². The topological polar surface area (TPSA) is 24.7 Å². The summed E-state index contributed by atoms with van der Waals surface area (Å²) in [6.07, 6.45) is 9.85. The molecule has 0 aromatic heterocycles. The summed E-state index contributed by atoms with van der Waals surface area (Å²) in [5.41, 5.74) is 5.96. The first-order valence-electron chi connectivity index (χ1n) is 9.91. The van der Waals surface area contributed by atoms with Crippen LogP contribution in [0.4, 0.5) is 0 Å². The fourth-order valence-electron chi connectivity index (χ4n) is 3.77. The third kappa shape index (κ3) is 5.14. The van der Waals surface area contributed by atoms with E-state index in [1.807, 2.05) is 14.0 Å². The summed E-state index contributed by atoms with van der Waals surface area (Å²) in [5.74, 6) is 1.14. The number of benzene rings is 1. The maximum atomic E-state index is 5.00. The van der Waals surface area contributed by atoms with Crippen molar-refractivity contribution >= 4 is 11.4 Å². The van der Waals surface area contributed by atoms with Crippen LogP contribution >= 0.6 is 0 Å². The molecule has 0 radical (unpaired) electrons. The summed E-state index contributed by atoms with van der Waals surface area (Å²) in [6, 6.07) is 9.19. The summed E-state index contributed by atoms with van der Waals surface area (Å²) in [5, 5.41) is 0. The Labute approximate surface area is 154 Å². The maximum Gasteiger partial charge on any atom is 0.0800 e. The van der Waals surface area contributed by atoms with Crippen LogP contribution in [-0.4, -0.2) is 18.5 Å². The van der Waals surface area contributed by atoms with Gasteiger partial charge in [-0.1, -0.05) is 70.4 Å². The zero-order valence-corrected chi connectivity index (χ0v) is 16.7. The fourth-order valence-corrected chi connectivity index (χ4v) is 3.77. The van der Waals surface area contributed by atoms with Crippen molar-refractivity contribution in [3.05, 3.63) is 47.2 Å². The fraction of sp³-hybridized carbons (Fsp3) is 0.565. The van der Waals surface area contributed by atoms with E-state index in [2.05, 4.69) is 56.1 Å². The zero-order chi connectivity index (χ0) is 18.2. The largest absolute Gasteiger partial charge is 0.291 e. The maximum absolute atomic E-state index is 5.00. The summed E-state index contributed by atoms with van der Waals surface area (Å²) >= 11 is 0. The van der Waals surface area contributed by atoms with Crippen molar-refractivity contribution in [2.24, 2.45) is 15.9 Å². The normalized spacial score (nSPS) is 18.1. The van der Waals surface area contributed by atoms with Crippen LogP contribution in [0.1, 0.15) is 83.3 Å². The van der Waals surface area contributed by atoms with Gasteiger partial charge in [0.15, 0.2) is 0 Å². The zero-order valence-electron chi connectivity index (χ0n) is 16.7. The number of aliphatic imine (C=N–C) groups is 2. The average Bonchev–Trinajstić information content (AvgIpc) is 2.66. The lowest BCUT2D eigenvalue weighted by Crippen LogP contribution is -2.12. The molecule has 1 aliphatic rings. The predicted octanol–water partition coefficient (Wildman–Crippen LogP) is 6.56. The molecule has 2 heteroatoms. The second-order valence-electron chi connectivity index (χ2n) is 7.31. The molecule has 0 amide bonds. The molecule has 0 N–H and O–H groups in total. The molecule has 0 aliphatic heterocycles. The molecule has 1 aromatic rings. The Balaban J connectivity index is 2.29. The summed E-state index contributed by atoms with van der Waals surface area (Å²) in [7, 11) is 1.85. The van der Waals surface area contributed by atoms with Crippen molar-refractivity contribution < 1.29 is 0 Å². The highest BCUT2D eigenvalue weighted by Crippen LogP contribution is 2.32. The Bertz CT molecular complexity index is 627. The lowest BCUT2D eigenvalue weighted by atomic mass is 9.83. The third-order valence-electron chi connectivity index (χ3n) is 5.24. The number of allylic oxidation sites excluding steroid dienone is 2. The lowest BCUT2D eigenvalue weighted by Gasteiger charge is -2.22. The highest BCUT2D eigenvalue weighted by Gasteiger charge is 2.16. The molecule has 136 valence electrons. The van der Waals surface area contributed by atoms with Crippen molar-refractivity contribution in [1.82, 2.24) is 0 Å². The van der Waals surface area contributed by atoms with Crippen LogP contribution in [0.2, 0.25) is 0 Å². The molecule has 1 fully saturated rings. The monoisotopic (exact) mass is 338 g/mol. The van der Waals surface area contributed by atoms with Crippen LogP contribution in [0, 0.1) is 5.92 Å². The first-order valence-corrected chi connectivity index (χ1v) is 9.91. The van der Waals surface area contributed by atoms with E-state index in [0.717, 1.165) is 29.5 Å². The van der Waals surface area contributed by atoms with Gasteiger partial charge in [0.25, 0.3) is 0 Å². The van der Waals surface area contributed by atoms with Crippen LogP contribution in [0.3, 0.4) is 0 Å². The minimum absolute atomic E-state index is 0.380. The highest BCUT2D eigenvalue weighted by molar-refractivity contribution is 6.07. The smallest absolute Gasteiger partial charge is 0.0800 e. The van der Waals surface area contributed by atoms with Gasteiger partial charge in [0.2, 0.25) is 0 Å². The first-order chi connectivity index (χ1) is 12.1. The third-order valence-corrected chi connectivity index (χ3v) is 5.24. The molecule has 0 unspecified atom stereocenters. The lowest BCUT2D eigenvalue weighted by molar-refractivity contribution is 0.443. The number of rotatable bonds is 6. The van der Waals surface area contributed by atoms with Gasteiger partial charge in [-0.2, -0.15) is 0 Å². The molecule has 0 saturated heterocycles. The van der Waals surface area contributed by atoms with E-state index in [-0.39, 0.29) is 0 Å². The minimum Gasteiger partial charge on any atom is -0.291 e. The molecule has 0 heterocycles. The summed E-state index contributed by atoms with van der Waals surface area (Å²) < 4.78 is 0. The molecule has 1 aliphatic carbocycles. The van der Waals surface area contributed by atoms with Crippen LogP contribution in [0.25, 0.3) is 0 Å². The molecule has 0 spiro atoms. The summed E-state index contributed by atoms with van der Waals surface area (Å²) in [4.78, 5) is 9.40. The molecule has 2 nitrogen and oxygen atoms in total. The Hall–Kier alpha value is -1.70. The Morgan fingerprint density at radius 1 is 1.12 bits per heavy atom. The molecule has 1 saturated carbocycles. The Morgan fingerprint density at radius 3 is 2.24 bits per heavy atom. The van der Waals surface area contributed by atoms with E-state index < -0.39 is 0 Å². The molecule has 25 heavy (non-hydrogen) atoms. The summed E-state index contributed by atoms with van der Waals surface area (Å²) in [6.45, 7) is 8.62. The van der Waals surface area contributed by atoms with Gasteiger partial charge >= 0.3 is 0 Å². The van der Waals surface area contributed by atoms with Crippen LogP contribution in [-0.2, 0) is 0 Å². The molecule has 2 rings (SSSR count). The van der Waals surface area contributed by atoms with Gasteiger partial charge in [-0.3, -0.25) is 9.98 Å².